The molecule has 1 heterocycles. The molecule has 5 heteroatoms. The fourth-order valence-corrected chi connectivity index (χ4v) is 4.18. The van der Waals surface area contributed by atoms with E-state index in [1.165, 1.54) is 11.8 Å². The molecule has 2 atom stereocenters. The molecule has 2 aliphatic rings. The lowest BCUT2D eigenvalue weighted by Gasteiger charge is -2.19. The lowest BCUT2D eigenvalue weighted by molar-refractivity contribution is 0.0579. The van der Waals surface area contributed by atoms with Crippen molar-refractivity contribution in [3.63, 3.8) is 0 Å². The molecule has 0 saturated heterocycles. The van der Waals surface area contributed by atoms with Crippen molar-refractivity contribution in [3.8, 4) is 11.5 Å². The summed E-state index contributed by atoms with van der Waals surface area (Å²) in [6, 6.07) is 13.7. The Morgan fingerprint density at radius 1 is 1.27 bits per heavy atom. The number of thioether (sulfide) groups is 1. The van der Waals surface area contributed by atoms with Gasteiger partial charge in [0, 0.05) is 5.56 Å². The Bertz CT molecular complexity index is 790. The minimum Gasteiger partial charge on any atom is -0.457 e. The highest BCUT2D eigenvalue weighted by Crippen LogP contribution is 2.49. The van der Waals surface area contributed by atoms with Crippen molar-refractivity contribution in [3.05, 3.63) is 59.2 Å². The van der Waals surface area contributed by atoms with E-state index in [2.05, 4.69) is 4.99 Å². The monoisotopic (exact) mass is 312 g/mol. The zero-order chi connectivity index (χ0) is 15.3. The maximum Gasteiger partial charge on any atom is 0.198 e. The molecule has 0 amide bonds. The van der Waals surface area contributed by atoms with Crippen LogP contribution in [0.5, 0.6) is 11.5 Å². The molecule has 3 N–H and O–H groups in total. The van der Waals surface area contributed by atoms with Crippen LogP contribution in [0.3, 0.4) is 0 Å². The van der Waals surface area contributed by atoms with E-state index < -0.39 is 5.72 Å². The first kappa shape index (κ1) is 13.7. The van der Waals surface area contributed by atoms with E-state index in [-0.39, 0.29) is 5.25 Å². The minimum absolute atomic E-state index is 0.0308. The average Bonchev–Trinajstić information content (AvgIpc) is 2.87. The van der Waals surface area contributed by atoms with Crippen LogP contribution in [0.2, 0.25) is 0 Å². The zero-order valence-electron chi connectivity index (χ0n) is 12.1. The second kappa shape index (κ2) is 4.76. The van der Waals surface area contributed by atoms with E-state index in [0.29, 0.717) is 5.17 Å². The molecule has 22 heavy (non-hydrogen) atoms. The Labute approximate surface area is 133 Å². The predicted octanol–water partition coefficient (Wildman–Crippen LogP) is 2.92. The van der Waals surface area contributed by atoms with Gasteiger partial charge in [0.25, 0.3) is 0 Å². The Balaban J connectivity index is 1.66. The van der Waals surface area contributed by atoms with E-state index in [0.717, 1.165) is 34.6 Å². The molecule has 2 unspecified atom stereocenters. The highest BCUT2D eigenvalue weighted by Gasteiger charge is 2.50. The van der Waals surface area contributed by atoms with Crippen molar-refractivity contribution in [1.29, 1.82) is 0 Å². The van der Waals surface area contributed by atoms with Crippen molar-refractivity contribution < 1.29 is 9.84 Å². The van der Waals surface area contributed by atoms with Gasteiger partial charge in [-0.15, -0.1) is 0 Å². The number of ether oxygens (including phenoxy) is 1. The molecule has 0 fully saturated rings. The molecule has 1 aliphatic carbocycles. The van der Waals surface area contributed by atoms with Crippen molar-refractivity contribution in [2.24, 2.45) is 10.7 Å². The predicted molar refractivity (Wildman–Crippen MR) is 88.3 cm³/mol. The zero-order valence-corrected chi connectivity index (χ0v) is 12.9. The SMILES string of the molecule is Cc1cccc(Oc2ccc3c(c2)CC2SC(N)=NC32O)c1. The van der Waals surface area contributed by atoms with Crippen molar-refractivity contribution in [1.82, 2.24) is 0 Å². The highest BCUT2D eigenvalue weighted by atomic mass is 32.2. The summed E-state index contributed by atoms with van der Waals surface area (Å²) in [5, 5.41) is 11.2. The molecule has 4 nitrogen and oxygen atoms in total. The van der Waals surface area contributed by atoms with Gasteiger partial charge in [-0.1, -0.05) is 30.0 Å². The molecule has 2 aromatic carbocycles. The summed E-state index contributed by atoms with van der Waals surface area (Å²) < 4.78 is 5.91. The number of fused-ring (bicyclic) bond motifs is 3. The van der Waals surface area contributed by atoms with Gasteiger partial charge in [0.2, 0.25) is 0 Å². The third-order valence-corrected chi connectivity index (χ3v) is 5.21. The van der Waals surface area contributed by atoms with Gasteiger partial charge in [-0.2, -0.15) is 0 Å². The summed E-state index contributed by atoms with van der Waals surface area (Å²) in [5.74, 6) is 1.59. The molecular weight excluding hydrogens is 296 g/mol. The average molecular weight is 312 g/mol. The third kappa shape index (κ3) is 2.09. The molecule has 0 saturated carbocycles. The number of benzene rings is 2. The maximum absolute atomic E-state index is 10.7. The number of hydrogen-bond donors (Lipinski definition) is 2. The van der Waals surface area contributed by atoms with E-state index in [1.54, 1.807) is 0 Å². The quantitative estimate of drug-likeness (QED) is 0.894. The van der Waals surface area contributed by atoms with Crippen LogP contribution in [0.15, 0.2) is 47.5 Å². The summed E-state index contributed by atoms with van der Waals surface area (Å²) in [6.07, 6.45) is 0.742. The first-order valence-corrected chi connectivity index (χ1v) is 8.05. The van der Waals surface area contributed by atoms with Crippen LogP contribution >= 0.6 is 11.8 Å². The number of aliphatic hydroxyl groups is 1. The van der Waals surface area contributed by atoms with Crippen molar-refractivity contribution in [2.75, 3.05) is 0 Å². The van der Waals surface area contributed by atoms with Gasteiger partial charge in [-0.3, -0.25) is 0 Å². The standard InChI is InChI=1S/C17H16N2O2S/c1-10-3-2-4-12(7-10)21-13-5-6-14-11(8-13)9-15-17(14,20)19-16(18)22-15/h2-8,15,20H,9H2,1H3,(H2,18,19). The van der Waals surface area contributed by atoms with E-state index in [9.17, 15) is 5.11 Å². The minimum atomic E-state index is -1.17. The van der Waals surface area contributed by atoms with Gasteiger partial charge in [0.15, 0.2) is 10.9 Å². The van der Waals surface area contributed by atoms with Gasteiger partial charge in [-0.05, 0) is 48.7 Å². The Morgan fingerprint density at radius 2 is 2.09 bits per heavy atom. The van der Waals surface area contributed by atoms with Gasteiger partial charge >= 0.3 is 0 Å². The topological polar surface area (TPSA) is 67.8 Å². The molecule has 0 radical (unpaired) electrons. The number of aliphatic imine (C=N–C) groups is 1. The summed E-state index contributed by atoms with van der Waals surface area (Å²) in [5.41, 5.74) is 7.63. The number of nitrogens with two attached hydrogens (primary N) is 1. The Morgan fingerprint density at radius 3 is 2.91 bits per heavy atom. The van der Waals surface area contributed by atoms with Crippen molar-refractivity contribution in [2.45, 2.75) is 24.3 Å². The van der Waals surface area contributed by atoms with Gasteiger partial charge in [0.05, 0.1) is 5.25 Å². The fourth-order valence-electron chi connectivity index (χ4n) is 3.09. The molecule has 112 valence electrons. The van der Waals surface area contributed by atoms with Crippen LogP contribution < -0.4 is 10.5 Å². The summed E-state index contributed by atoms with van der Waals surface area (Å²) in [7, 11) is 0. The van der Waals surface area contributed by atoms with Crippen LogP contribution in [-0.2, 0) is 12.1 Å². The molecule has 4 rings (SSSR count). The number of amidine groups is 1. The van der Waals surface area contributed by atoms with Gasteiger partial charge in [-0.25, -0.2) is 4.99 Å². The number of hydrogen-bond acceptors (Lipinski definition) is 5. The number of aryl methyl sites for hydroxylation is 1. The first-order valence-electron chi connectivity index (χ1n) is 7.17. The van der Waals surface area contributed by atoms with E-state index in [4.69, 9.17) is 10.5 Å². The molecule has 1 aliphatic heterocycles. The first-order chi connectivity index (χ1) is 10.5. The summed E-state index contributed by atoms with van der Waals surface area (Å²) in [6.45, 7) is 2.03. The smallest absolute Gasteiger partial charge is 0.198 e. The maximum atomic E-state index is 10.7. The number of rotatable bonds is 2. The van der Waals surface area contributed by atoms with Crippen molar-refractivity contribution >= 4 is 16.9 Å². The Kier molecular flexibility index (Phi) is 2.96. The second-order valence-electron chi connectivity index (χ2n) is 5.72. The van der Waals surface area contributed by atoms with Gasteiger partial charge in [0.1, 0.15) is 11.5 Å². The lowest BCUT2D eigenvalue weighted by atomic mass is 10.1. The fraction of sp³-hybridized carbons (Fsp3) is 0.235. The van der Waals surface area contributed by atoms with Crippen LogP contribution in [0.1, 0.15) is 16.7 Å². The summed E-state index contributed by atoms with van der Waals surface area (Å²) >= 11 is 1.44. The molecule has 2 aromatic rings. The largest absolute Gasteiger partial charge is 0.457 e. The summed E-state index contributed by atoms with van der Waals surface area (Å²) in [4.78, 5) is 4.22. The van der Waals surface area contributed by atoms with E-state index >= 15 is 0 Å². The molecule has 0 spiro atoms. The third-order valence-electron chi connectivity index (χ3n) is 4.10. The second-order valence-corrected chi connectivity index (χ2v) is 6.95. The normalized spacial score (nSPS) is 25.5. The van der Waals surface area contributed by atoms with Crippen LogP contribution in [0, 0.1) is 6.92 Å². The Hall–Kier alpha value is -1.98. The van der Waals surface area contributed by atoms with Gasteiger partial charge < -0.3 is 15.6 Å². The number of nitrogens with zero attached hydrogens (tertiary/aromatic N) is 1. The van der Waals surface area contributed by atoms with Crippen LogP contribution in [0.4, 0.5) is 0 Å². The van der Waals surface area contributed by atoms with E-state index in [1.807, 2.05) is 49.4 Å². The van der Waals surface area contributed by atoms with Crippen LogP contribution in [-0.4, -0.2) is 15.5 Å². The molecule has 0 aromatic heterocycles. The van der Waals surface area contributed by atoms with Crippen LogP contribution in [0.25, 0.3) is 0 Å². The molecular formula is C17H16N2O2S. The molecule has 0 bridgehead atoms. The lowest BCUT2D eigenvalue weighted by Crippen LogP contribution is -2.27. The highest BCUT2D eigenvalue weighted by molar-refractivity contribution is 8.14.